The van der Waals surface area contributed by atoms with Crippen molar-refractivity contribution in [2.75, 3.05) is 6.54 Å². The quantitative estimate of drug-likeness (QED) is 0.388. The highest BCUT2D eigenvalue weighted by atomic mass is 19.4. The van der Waals surface area contributed by atoms with Crippen LogP contribution in [-0.2, 0) is 43.1 Å². The largest absolute Gasteiger partial charge is 0.479 e. The van der Waals surface area contributed by atoms with Crippen molar-refractivity contribution in [1.82, 2.24) is 20.4 Å². The number of halogens is 3. The van der Waals surface area contributed by atoms with Gasteiger partial charge in [0.15, 0.2) is 0 Å². The number of hydrogen-bond acceptors (Lipinski definition) is 7. The molecule has 49 heavy (non-hydrogen) atoms. The predicted molar refractivity (Wildman–Crippen MR) is 167 cm³/mol. The first-order valence-corrected chi connectivity index (χ1v) is 16.4. The molecule has 1 aromatic carbocycles. The molecule has 1 saturated heterocycles. The Hall–Kier alpha value is -4.52. The van der Waals surface area contributed by atoms with Crippen LogP contribution in [0.3, 0.4) is 0 Å². The third-order valence-corrected chi connectivity index (χ3v) is 9.12. The number of carbonyl (C=O) groups is 5. The van der Waals surface area contributed by atoms with Crippen molar-refractivity contribution < 1.29 is 51.7 Å². The number of amides is 4. The van der Waals surface area contributed by atoms with Crippen LogP contribution in [0.25, 0.3) is 0 Å². The molecular weight excluding hydrogens is 649 g/mol. The second-order valence-corrected chi connectivity index (χ2v) is 14.0. The Balaban J connectivity index is 1.37. The van der Waals surface area contributed by atoms with Gasteiger partial charge in [0.05, 0.1) is 12.1 Å². The van der Waals surface area contributed by atoms with Crippen LogP contribution in [0, 0.1) is 5.92 Å². The summed E-state index contributed by atoms with van der Waals surface area (Å²) < 4.78 is 50.8. The number of nitrogens with zero attached hydrogens (tertiary/aromatic N) is 2. The van der Waals surface area contributed by atoms with Crippen molar-refractivity contribution in [1.29, 1.82) is 0 Å². The summed E-state index contributed by atoms with van der Waals surface area (Å²) in [6, 6.07) is 0.912. The van der Waals surface area contributed by atoms with Crippen LogP contribution in [-0.4, -0.2) is 80.7 Å². The summed E-state index contributed by atoms with van der Waals surface area (Å²) in [6.45, 7) is 4.67. The summed E-state index contributed by atoms with van der Waals surface area (Å²) >= 11 is 0. The molecule has 1 aliphatic carbocycles. The van der Waals surface area contributed by atoms with Gasteiger partial charge in [-0.25, -0.2) is 14.4 Å². The molecule has 266 valence electrons. The first kappa shape index (κ1) is 35.8. The fourth-order valence-corrected chi connectivity index (χ4v) is 6.47. The lowest BCUT2D eigenvalue weighted by atomic mass is 10.0. The average molecular weight is 691 g/mol. The Morgan fingerprint density at radius 2 is 1.82 bits per heavy atom. The summed E-state index contributed by atoms with van der Waals surface area (Å²) in [4.78, 5) is 68.7. The molecule has 3 heterocycles. The van der Waals surface area contributed by atoms with Crippen LogP contribution in [0.1, 0.15) is 82.4 Å². The van der Waals surface area contributed by atoms with E-state index in [9.17, 15) is 42.3 Å². The zero-order chi connectivity index (χ0) is 35.7. The van der Waals surface area contributed by atoms with Crippen LogP contribution >= 0.6 is 0 Å². The molecule has 4 amide bonds. The highest BCUT2D eigenvalue weighted by Gasteiger charge is 2.61. The third kappa shape index (κ3) is 8.38. The molecule has 2 fully saturated rings. The maximum atomic E-state index is 14.1. The fourth-order valence-electron chi connectivity index (χ4n) is 6.47. The van der Waals surface area contributed by atoms with Gasteiger partial charge >= 0.3 is 24.3 Å². The molecule has 1 saturated carbocycles. The number of nitrogens with one attached hydrogen (secondary N) is 2. The third-order valence-electron chi connectivity index (χ3n) is 9.12. The molecule has 0 aromatic heterocycles. The second kappa shape index (κ2) is 13.8. The summed E-state index contributed by atoms with van der Waals surface area (Å²) in [5.41, 5.74) is 0.599. The zero-order valence-corrected chi connectivity index (χ0v) is 27.6. The molecule has 0 radical (unpaired) electrons. The smallest absolute Gasteiger partial charge is 0.416 e. The first-order valence-electron chi connectivity index (χ1n) is 16.4. The van der Waals surface area contributed by atoms with Crippen molar-refractivity contribution in [2.45, 2.75) is 114 Å². The monoisotopic (exact) mass is 690 g/mol. The number of ether oxygens (including phenoxy) is 2. The van der Waals surface area contributed by atoms with Crippen molar-refractivity contribution in [3.63, 3.8) is 0 Å². The van der Waals surface area contributed by atoms with Gasteiger partial charge in [0, 0.05) is 25.4 Å². The molecule has 12 nitrogen and oxygen atoms in total. The van der Waals surface area contributed by atoms with Gasteiger partial charge in [-0.2, -0.15) is 13.2 Å². The van der Waals surface area contributed by atoms with E-state index >= 15 is 0 Å². The number of alkyl halides is 3. The van der Waals surface area contributed by atoms with E-state index in [1.54, 1.807) is 32.9 Å². The van der Waals surface area contributed by atoms with Gasteiger partial charge < -0.3 is 30.1 Å². The van der Waals surface area contributed by atoms with E-state index in [-0.39, 0.29) is 38.9 Å². The minimum atomic E-state index is -4.54. The SMILES string of the molecule is CC(C)(C)OC(=O)N[C@H]1CCCCCC=C=C[C@@H]2C[C@@]2(C(=O)O)NC(=O)[C@@H]2C[C@@H](OC(=O)N3Cc4ccc(C(F)(F)F)cc4C3)CN2C1=O. The minimum absolute atomic E-state index is 0.0119. The number of rotatable bonds is 3. The maximum Gasteiger partial charge on any atom is 0.416 e. The lowest BCUT2D eigenvalue weighted by molar-refractivity contribution is -0.145. The Kier molecular flexibility index (Phi) is 10.1. The van der Waals surface area contributed by atoms with E-state index in [2.05, 4.69) is 16.4 Å². The number of carboxylic acid groups (broad SMARTS) is 1. The number of alkyl carbamates (subject to hydrolysis) is 1. The molecule has 15 heteroatoms. The van der Waals surface area contributed by atoms with E-state index < -0.39 is 77.0 Å². The molecule has 4 aliphatic rings. The summed E-state index contributed by atoms with van der Waals surface area (Å²) in [6.07, 6.45) is -0.919. The number of aliphatic carboxylic acids is 1. The van der Waals surface area contributed by atoms with Crippen molar-refractivity contribution in [3.8, 4) is 0 Å². The van der Waals surface area contributed by atoms with E-state index in [4.69, 9.17) is 9.47 Å². The minimum Gasteiger partial charge on any atom is -0.479 e. The summed E-state index contributed by atoms with van der Waals surface area (Å²) in [5, 5.41) is 15.3. The predicted octanol–water partition coefficient (Wildman–Crippen LogP) is 4.66. The highest BCUT2D eigenvalue weighted by Crippen LogP contribution is 2.45. The Morgan fingerprint density at radius 3 is 2.51 bits per heavy atom. The maximum absolute atomic E-state index is 14.1. The topological polar surface area (TPSA) is 155 Å². The van der Waals surface area contributed by atoms with Crippen molar-refractivity contribution in [3.05, 3.63) is 52.8 Å². The Bertz CT molecular complexity index is 1570. The molecule has 3 aliphatic heterocycles. The molecule has 3 N–H and O–H groups in total. The highest BCUT2D eigenvalue weighted by molar-refractivity contribution is 5.96. The molecule has 0 spiro atoms. The normalized spacial score (nSPS) is 27.5. The van der Waals surface area contributed by atoms with Crippen molar-refractivity contribution in [2.24, 2.45) is 5.92 Å². The molecule has 5 rings (SSSR count). The fraction of sp³-hybridized carbons (Fsp3) is 0.588. The summed E-state index contributed by atoms with van der Waals surface area (Å²) in [7, 11) is 0. The zero-order valence-electron chi connectivity index (χ0n) is 27.6. The number of fused-ring (bicyclic) bond motifs is 3. The Morgan fingerprint density at radius 1 is 1.08 bits per heavy atom. The molecule has 1 aromatic rings. The molecule has 5 atom stereocenters. The van der Waals surface area contributed by atoms with Gasteiger partial charge in [-0.05, 0) is 81.9 Å². The Labute approximate surface area is 281 Å². The van der Waals surface area contributed by atoms with Gasteiger partial charge in [-0.1, -0.05) is 18.9 Å². The van der Waals surface area contributed by atoms with Crippen LogP contribution < -0.4 is 10.6 Å². The van der Waals surface area contributed by atoms with Crippen LogP contribution in [0.2, 0.25) is 0 Å². The van der Waals surface area contributed by atoms with Gasteiger partial charge in [0.25, 0.3) is 0 Å². The van der Waals surface area contributed by atoms with Gasteiger partial charge in [0.2, 0.25) is 11.8 Å². The number of benzene rings is 1. The molecular formula is C34H41F3N4O8. The second-order valence-electron chi connectivity index (χ2n) is 14.0. The first-order chi connectivity index (χ1) is 23.0. The van der Waals surface area contributed by atoms with Crippen LogP contribution in [0.5, 0.6) is 0 Å². The number of carbonyl (C=O) groups excluding carboxylic acids is 4. The van der Waals surface area contributed by atoms with E-state index in [1.807, 2.05) is 0 Å². The van der Waals surface area contributed by atoms with Gasteiger partial charge in [0.1, 0.15) is 29.3 Å². The lowest BCUT2D eigenvalue weighted by Gasteiger charge is -2.30. The summed E-state index contributed by atoms with van der Waals surface area (Å²) in [5.74, 6) is -3.14. The molecule has 0 bridgehead atoms. The number of carboxylic acids is 1. The average Bonchev–Trinajstić information content (AvgIpc) is 3.31. The molecule has 0 unspecified atom stereocenters. The van der Waals surface area contributed by atoms with E-state index in [1.165, 1.54) is 15.9 Å². The van der Waals surface area contributed by atoms with Crippen LogP contribution in [0.4, 0.5) is 22.8 Å². The van der Waals surface area contributed by atoms with Crippen LogP contribution in [0.15, 0.2) is 36.1 Å². The van der Waals surface area contributed by atoms with E-state index in [0.29, 0.717) is 30.4 Å². The van der Waals surface area contributed by atoms with E-state index in [0.717, 1.165) is 18.6 Å². The lowest BCUT2D eigenvalue weighted by Crippen LogP contribution is -2.56. The number of hydrogen-bond donors (Lipinski definition) is 3. The van der Waals surface area contributed by atoms with Gasteiger partial charge in [-0.3, -0.25) is 14.5 Å². The standard InChI is InChI=1S/C34H41F3N4O8/c1-32(2,3)49-30(46)38-25-11-9-7-5-4-6-8-10-23-16-33(23,29(44)45)39-27(42)26-15-24(19-41(26)28(25)43)48-31(47)40-17-20-12-13-22(34(35,36)37)14-21(20)18-40/h6,10,12-14,23-26H,4-5,7,9,11,15-19H2,1-3H3,(H,38,46)(H,39,42)(H,44,45)/t8?,23-,24-,25+,26+,33-/m1/s1. The van der Waals surface area contributed by atoms with Crippen molar-refractivity contribution >= 4 is 30.0 Å². The van der Waals surface area contributed by atoms with Gasteiger partial charge in [-0.15, -0.1) is 5.73 Å².